The van der Waals surface area contributed by atoms with Gasteiger partial charge in [-0.2, -0.15) is 0 Å². The smallest absolute Gasteiger partial charge is 0.340 e. The number of carbonyl (C=O) groups is 1. The SMILES string of the molecule is COC(=O)c1c(N)cccc1CSc1n[nH]c(C)n1. The zero-order valence-corrected chi connectivity index (χ0v) is 11.5. The molecule has 1 heterocycles. The van der Waals surface area contributed by atoms with Gasteiger partial charge in [0.2, 0.25) is 5.16 Å². The third-order valence-corrected chi connectivity index (χ3v) is 3.40. The molecule has 0 fully saturated rings. The lowest BCUT2D eigenvalue weighted by Crippen LogP contribution is -2.09. The number of hydrogen-bond acceptors (Lipinski definition) is 6. The fraction of sp³-hybridized carbons (Fsp3) is 0.250. The van der Waals surface area contributed by atoms with Gasteiger partial charge in [0, 0.05) is 11.4 Å². The lowest BCUT2D eigenvalue weighted by atomic mass is 10.1. The van der Waals surface area contributed by atoms with Crippen LogP contribution in [0.3, 0.4) is 0 Å². The number of hydrogen-bond donors (Lipinski definition) is 2. The van der Waals surface area contributed by atoms with Gasteiger partial charge in [-0.05, 0) is 18.6 Å². The van der Waals surface area contributed by atoms with E-state index in [4.69, 9.17) is 10.5 Å². The van der Waals surface area contributed by atoms with Gasteiger partial charge in [-0.3, -0.25) is 5.10 Å². The summed E-state index contributed by atoms with van der Waals surface area (Å²) in [5, 5.41) is 7.43. The first-order valence-corrected chi connectivity index (χ1v) is 6.58. The average molecular weight is 278 g/mol. The Hall–Kier alpha value is -2.02. The van der Waals surface area contributed by atoms with E-state index in [2.05, 4.69) is 15.2 Å². The number of nitrogen functional groups attached to an aromatic ring is 1. The highest BCUT2D eigenvalue weighted by molar-refractivity contribution is 7.98. The fourth-order valence-corrected chi connectivity index (χ4v) is 2.46. The Morgan fingerprint density at radius 3 is 2.95 bits per heavy atom. The van der Waals surface area contributed by atoms with Crippen molar-refractivity contribution in [2.24, 2.45) is 0 Å². The van der Waals surface area contributed by atoms with Crippen molar-refractivity contribution >= 4 is 23.4 Å². The number of carbonyl (C=O) groups excluding carboxylic acids is 1. The van der Waals surface area contributed by atoms with Gasteiger partial charge in [0.15, 0.2) is 0 Å². The van der Waals surface area contributed by atoms with E-state index in [9.17, 15) is 4.79 Å². The van der Waals surface area contributed by atoms with Crippen molar-refractivity contribution in [3.05, 3.63) is 35.2 Å². The van der Waals surface area contributed by atoms with E-state index in [0.717, 1.165) is 11.4 Å². The van der Waals surface area contributed by atoms with Gasteiger partial charge in [-0.15, -0.1) is 5.10 Å². The first kappa shape index (κ1) is 13.4. The number of nitrogens with two attached hydrogens (primary N) is 1. The Morgan fingerprint density at radius 1 is 1.53 bits per heavy atom. The maximum absolute atomic E-state index is 11.7. The minimum Gasteiger partial charge on any atom is -0.465 e. The highest BCUT2D eigenvalue weighted by atomic mass is 32.2. The van der Waals surface area contributed by atoms with E-state index in [-0.39, 0.29) is 0 Å². The summed E-state index contributed by atoms with van der Waals surface area (Å²) < 4.78 is 4.75. The van der Waals surface area contributed by atoms with Crippen molar-refractivity contribution in [3.8, 4) is 0 Å². The third-order valence-electron chi connectivity index (χ3n) is 2.51. The zero-order chi connectivity index (χ0) is 13.8. The normalized spacial score (nSPS) is 10.4. The molecule has 1 aromatic heterocycles. The predicted octanol–water partition coefficient (Wildman–Crippen LogP) is 1.77. The highest BCUT2D eigenvalue weighted by Crippen LogP contribution is 2.25. The molecule has 0 saturated carbocycles. The average Bonchev–Trinajstić information content (AvgIpc) is 2.81. The number of nitrogens with one attached hydrogen (secondary N) is 1. The van der Waals surface area contributed by atoms with Crippen LogP contribution in [0.4, 0.5) is 5.69 Å². The van der Waals surface area contributed by atoms with Gasteiger partial charge in [0.1, 0.15) is 5.82 Å². The van der Waals surface area contributed by atoms with Crippen LogP contribution in [0.2, 0.25) is 0 Å². The second kappa shape index (κ2) is 5.75. The van der Waals surface area contributed by atoms with Gasteiger partial charge >= 0.3 is 5.97 Å². The molecule has 0 spiro atoms. The summed E-state index contributed by atoms with van der Waals surface area (Å²) in [7, 11) is 1.34. The molecule has 0 aliphatic heterocycles. The molecule has 2 rings (SSSR count). The number of esters is 1. The van der Waals surface area contributed by atoms with Crippen molar-refractivity contribution in [1.82, 2.24) is 15.2 Å². The Labute approximate surface area is 114 Å². The first-order chi connectivity index (χ1) is 9.11. The molecule has 19 heavy (non-hydrogen) atoms. The molecule has 3 N–H and O–H groups in total. The van der Waals surface area contributed by atoms with E-state index in [1.165, 1.54) is 18.9 Å². The first-order valence-electron chi connectivity index (χ1n) is 5.59. The molecule has 1 aromatic carbocycles. The largest absolute Gasteiger partial charge is 0.465 e. The second-order valence-corrected chi connectivity index (χ2v) is 4.81. The van der Waals surface area contributed by atoms with Crippen LogP contribution in [0.1, 0.15) is 21.7 Å². The summed E-state index contributed by atoms with van der Waals surface area (Å²) in [5.74, 6) is 0.871. The van der Waals surface area contributed by atoms with E-state index in [1.54, 1.807) is 12.1 Å². The number of nitrogens with zero attached hydrogens (tertiary/aromatic N) is 2. The van der Waals surface area contributed by atoms with Crippen LogP contribution >= 0.6 is 11.8 Å². The molecule has 0 unspecified atom stereocenters. The lowest BCUT2D eigenvalue weighted by Gasteiger charge is -2.09. The molecule has 0 radical (unpaired) electrons. The quantitative estimate of drug-likeness (QED) is 0.503. The summed E-state index contributed by atoms with van der Waals surface area (Å²) in [6.45, 7) is 1.83. The van der Waals surface area contributed by atoms with Crippen LogP contribution in [0.5, 0.6) is 0 Å². The van der Waals surface area contributed by atoms with Crippen molar-refractivity contribution in [2.45, 2.75) is 17.8 Å². The van der Waals surface area contributed by atoms with E-state index >= 15 is 0 Å². The minimum absolute atomic E-state index is 0.407. The summed E-state index contributed by atoms with van der Waals surface area (Å²) in [6.07, 6.45) is 0. The van der Waals surface area contributed by atoms with Crippen molar-refractivity contribution in [1.29, 1.82) is 0 Å². The standard InChI is InChI=1S/C12H14N4O2S/c1-7-14-12(16-15-7)19-6-8-4-3-5-9(13)10(8)11(17)18-2/h3-5H,6,13H2,1-2H3,(H,14,15,16). The summed E-state index contributed by atoms with van der Waals surface area (Å²) in [4.78, 5) is 15.9. The summed E-state index contributed by atoms with van der Waals surface area (Å²) in [5.41, 5.74) is 7.45. The van der Waals surface area contributed by atoms with Gasteiger partial charge in [0.25, 0.3) is 0 Å². The van der Waals surface area contributed by atoms with Crippen LogP contribution in [0.15, 0.2) is 23.4 Å². The van der Waals surface area contributed by atoms with Crippen LogP contribution in [0, 0.1) is 6.92 Å². The molecular formula is C12H14N4O2S. The van der Waals surface area contributed by atoms with Crippen LogP contribution in [-0.4, -0.2) is 28.3 Å². The van der Waals surface area contributed by atoms with Crippen LogP contribution < -0.4 is 5.73 Å². The number of aryl methyl sites for hydroxylation is 1. The Kier molecular flexibility index (Phi) is 4.06. The number of thioether (sulfide) groups is 1. The second-order valence-electron chi connectivity index (χ2n) is 3.87. The van der Waals surface area contributed by atoms with E-state index in [1.807, 2.05) is 13.0 Å². The van der Waals surface area contributed by atoms with E-state index in [0.29, 0.717) is 22.2 Å². The van der Waals surface area contributed by atoms with Crippen molar-refractivity contribution in [3.63, 3.8) is 0 Å². The van der Waals surface area contributed by atoms with Crippen LogP contribution in [0.25, 0.3) is 0 Å². The molecule has 0 bridgehead atoms. The minimum atomic E-state index is -0.431. The van der Waals surface area contributed by atoms with Gasteiger partial charge in [0.05, 0.1) is 12.7 Å². The topological polar surface area (TPSA) is 93.9 Å². The van der Waals surface area contributed by atoms with Gasteiger partial charge < -0.3 is 10.5 Å². The monoisotopic (exact) mass is 278 g/mol. The third kappa shape index (κ3) is 3.05. The number of anilines is 1. The molecule has 0 aliphatic carbocycles. The van der Waals surface area contributed by atoms with E-state index < -0.39 is 5.97 Å². The molecule has 100 valence electrons. The molecule has 0 saturated heterocycles. The molecule has 0 aliphatic rings. The predicted molar refractivity (Wildman–Crippen MR) is 72.9 cm³/mol. The maximum atomic E-state index is 11.7. The van der Waals surface area contributed by atoms with Crippen molar-refractivity contribution < 1.29 is 9.53 Å². The summed E-state index contributed by atoms with van der Waals surface area (Å²) in [6, 6.07) is 5.33. The van der Waals surface area contributed by atoms with Gasteiger partial charge in [-0.1, -0.05) is 23.9 Å². The zero-order valence-electron chi connectivity index (χ0n) is 10.6. The number of aromatic nitrogens is 3. The summed E-state index contributed by atoms with van der Waals surface area (Å²) >= 11 is 1.43. The molecular weight excluding hydrogens is 264 g/mol. The number of methoxy groups -OCH3 is 1. The Morgan fingerprint density at radius 2 is 2.32 bits per heavy atom. The number of benzene rings is 1. The van der Waals surface area contributed by atoms with Gasteiger partial charge in [-0.25, -0.2) is 9.78 Å². The lowest BCUT2D eigenvalue weighted by molar-refractivity contribution is 0.0601. The highest BCUT2D eigenvalue weighted by Gasteiger charge is 2.15. The maximum Gasteiger partial charge on any atom is 0.340 e. The van der Waals surface area contributed by atoms with Crippen LogP contribution in [-0.2, 0) is 10.5 Å². The molecule has 7 heteroatoms. The molecule has 2 aromatic rings. The number of H-pyrrole nitrogens is 1. The molecule has 6 nitrogen and oxygen atoms in total. The van der Waals surface area contributed by atoms with Crippen molar-refractivity contribution in [2.75, 3.05) is 12.8 Å². The molecule has 0 amide bonds. The number of rotatable bonds is 4. The fourth-order valence-electron chi connectivity index (χ4n) is 1.62. The Balaban J connectivity index is 2.20. The Bertz CT molecular complexity index is 597. The number of ether oxygens (including phenoxy) is 1. The number of aromatic amines is 1. The molecule has 0 atom stereocenters.